The van der Waals surface area contributed by atoms with E-state index in [9.17, 15) is 9.18 Å². The summed E-state index contributed by atoms with van der Waals surface area (Å²) in [6.45, 7) is 0.294. The topological polar surface area (TPSA) is 80.0 Å². The van der Waals surface area contributed by atoms with Crippen molar-refractivity contribution in [1.82, 2.24) is 15.5 Å². The SMILES string of the molecule is O=C(NCc1ccc(F)cc1)Nc1ccccc1Cc1nc(-c2cccs2)no1. The average Bonchev–Trinajstić information content (AvgIpc) is 3.41. The molecular formula is C21H17FN4O2S. The molecule has 2 heterocycles. The van der Waals surface area contributed by atoms with Crippen molar-refractivity contribution in [3.05, 3.63) is 88.9 Å². The summed E-state index contributed by atoms with van der Waals surface area (Å²) in [5.41, 5.74) is 2.31. The quantitative estimate of drug-likeness (QED) is 0.478. The van der Waals surface area contributed by atoms with Gasteiger partial charge in [0.2, 0.25) is 11.7 Å². The van der Waals surface area contributed by atoms with Crippen molar-refractivity contribution in [3.8, 4) is 10.7 Å². The number of amides is 2. The number of hydrogen-bond donors (Lipinski definition) is 2. The second-order valence-electron chi connectivity index (χ2n) is 6.26. The lowest BCUT2D eigenvalue weighted by molar-refractivity contribution is 0.251. The molecule has 0 aliphatic heterocycles. The predicted octanol–water partition coefficient (Wildman–Crippen LogP) is 4.85. The standard InChI is InChI=1S/C21H17FN4O2S/c22-16-9-7-14(8-10-16)13-23-21(27)24-17-5-2-1-4-15(17)12-19-25-20(26-28-19)18-6-3-11-29-18/h1-11H,12-13H2,(H2,23,24,27). The number of thiophene rings is 1. The van der Waals surface area contributed by atoms with Crippen LogP contribution in [0.2, 0.25) is 0 Å². The smallest absolute Gasteiger partial charge is 0.319 e. The monoisotopic (exact) mass is 408 g/mol. The highest BCUT2D eigenvalue weighted by molar-refractivity contribution is 7.13. The van der Waals surface area contributed by atoms with Crippen molar-refractivity contribution in [2.75, 3.05) is 5.32 Å². The molecule has 2 N–H and O–H groups in total. The van der Waals surface area contributed by atoms with Crippen LogP contribution in [0.1, 0.15) is 17.0 Å². The Morgan fingerprint density at radius 2 is 1.90 bits per heavy atom. The Bertz CT molecular complexity index is 1090. The van der Waals surface area contributed by atoms with Gasteiger partial charge in [-0.25, -0.2) is 9.18 Å². The van der Waals surface area contributed by atoms with E-state index in [1.165, 1.54) is 12.1 Å². The molecule has 4 rings (SSSR count). The normalized spacial score (nSPS) is 10.7. The Morgan fingerprint density at radius 1 is 1.07 bits per heavy atom. The van der Waals surface area contributed by atoms with Crippen LogP contribution in [-0.2, 0) is 13.0 Å². The van der Waals surface area contributed by atoms with Crippen molar-refractivity contribution >= 4 is 23.1 Å². The number of urea groups is 1. The van der Waals surface area contributed by atoms with Crippen LogP contribution >= 0.6 is 11.3 Å². The molecule has 2 aromatic carbocycles. The fraction of sp³-hybridized carbons (Fsp3) is 0.0952. The van der Waals surface area contributed by atoms with Crippen molar-refractivity contribution in [3.63, 3.8) is 0 Å². The van der Waals surface area contributed by atoms with Gasteiger partial charge in [-0.05, 0) is 40.8 Å². The van der Waals surface area contributed by atoms with E-state index in [4.69, 9.17) is 4.52 Å². The predicted molar refractivity (Wildman–Crippen MR) is 109 cm³/mol. The number of aromatic nitrogens is 2. The number of nitrogens with zero attached hydrogens (tertiary/aromatic N) is 2. The molecule has 29 heavy (non-hydrogen) atoms. The largest absolute Gasteiger partial charge is 0.339 e. The molecule has 6 nitrogen and oxygen atoms in total. The maximum atomic E-state index is 13.0. The van der Waals surface area contributed by atoms with Gasteiger partial charge < -0.3 is 15.2 Å². The van der Waals surface area contributed by atoms with E-state index >= 15 is 0 Å². The van der Waals surface area contributed by atoms with E-state index < -0.39 is 0 Å². The summed E-state index contributed by atoms with van der Waals surface area (Å²) in [7, 11) is 0. The van der Waals surface area contributed by atoms with Gasteiger partial charge in [0.05, 0.1) is 11.3 Å². The Labute approximate surface area is 170 Å². The van der Waals surface area contributed by atoms with Crippen molar-refractivity contribution in [2.24, 2.45) is 0 Å². The number of para-hydroxylation sites is 1. The number of carbonyl (C=O) groups excluding carboxylic acids is 1. The number of benzene rings is 2. The van der Waals surface area contributed by atoms with Crippen LogP contribution in [0, 0.1) is 5.82 Å². The molecule has 0 saturated carbocycles. The molecular weight excluding hydrogens is 391 g/mol. The van der Waals surface area contributed by atoms with Crippen LogP contribution in [0.4, 0.5) is 14.9 Å². The zero-order valence-electron chi connectivity index (χ0n) is 15.3. The first kappa shape index (κ1) is 18.8. The Morgan fingerprint density at radius 3 is 2.69 bits per heavy atom. The molecule has 0 fully saturated rings. The molecule has 0 aliphatic rings. The highest BCUT2D eigenvalue weighted by Crippen LogP contribution is 2.23. The number of rotatable bonds is 6. The third-order valence-electron chi connectivity index (χ3n) is 4.18. The highest BCUT2D eigenvalue weighted by atomic mass is 32.1. The van der Waals surface area contributed by atoms with Gasteiger partial charge in [-0.2, -0.15) is 4.98 Å². The van der Waals surface area contributed by atoms with Crippen LogP contribution < -0.4 is 10.6 Å². The molecule has 4 aromatic rings. The summed E-state index contributed by atoms with van der Waals surface area (Å²) in [4.78, 5) is 17.6. The zero-order valence-corrected chi connectivity index (χ0v) is 16.1. The maximum Gasteiger partial charge on any atom is 0.319 e. The van der Waals surface area contributed by atoms with E-state index in [-0.39, 0.29) is 11.8 Å². The number of nitrogens with one attached hydrogen (secondary N) is 2. The summed E-state index contributed by atoms with van der Waals surface area (Å²) in [5.74, 6) is 0.710. The number of halogens is 1. The minimum absolute atomic E-state index is 0.294. The lowest BCUT2D eigenvalue weighted by Crippen LogP contribution is -2.28. The Hall–Kier alpha value is -3.52. The Kier molecular flexibility index (Phi) is 5.62. The van der Waals surface area contributed by atoms with Crippen LogP contribution in [0.5, 0.6) is 0 Å². The molecule has 0 radical (unpaired) electrons. The first-order valence-corrected chi connectivity index (χ1v) is 9.79. The van der Waals surface area contributed by atoms with Gasteiger partial charge in [0.15, 0.2) is 0 Å². The number of carbonyl (C=O) groups is 1. The fourth-order valence-corrected chi connectivity index (χ4v) is 3.39. The first-order chi connectivity index (χ1) is 14.2. The molecule has 146 valence electrons. The van der Waals surface area contributed by atoms with Gasteiger partial charge in [0.25, 0.3) is 0 Å². The number of hydrogen-bond acceptors (Lipinski definition) is 5. The zero-order chi connectivity index (χ0) is 20.1. The molecule has 0 saturated heterocycles. The van der Waals surface area contributed by atoms with Crippen molar-refractivity contribution in [2.45, 2.75) is 13.0 Å². The van der Waals surface area contributed by atoms with E-state index in [0.717, 1.165) is 16.0 Å². The third kappa shape index (κ3) is 4.85. The maximum absolute atomic E-state index is 13.0. The van der Waals surface area contributed by atoms with Crippen LogP contribution in [0.3, 0.4) is 0 Å². The highest BCUT2D eigenvalue weighted by Gasteiger charge is 2.13. The van der Waals surface area contributed by atoms with E-state index in [1.807, 2.05) is 41.8 Å². The summed E-state index contributed by atoms with van der Waals surface area (Å²) >= 11 is 1.54. The lowest BCUT2D eigenvalue weighted by Gasteiger charge is -2.11. The minimum Gasteiger partial charge on any atom is -0.339 e. The molecule has 0 unspecified atom stereocenters. The third-order valence-corrected chi connectivity index (χ3v) is 5.05. The van der Waals surface area contributed by atoms with Gasteiger partial charge in [-0.1, -0.05) is 41.6 Å². The molecule has 8 heteroatoms. The van der Waals surface area contributed by atoms with Gasteiger partial charge in [0.1, 0.15) is 5.82 Å². The molecule has 0 aliphatic carbocycles. The molecule has 0 spiro atoms. The van der Waals surface area contributed by atoms with Crippen molar-refractivity contribution < 1.29 is 13.7 Å². The van der Waals surface area contributed by atoms with Gasteiger partial charge in [-0.15, -0.1) is 11.3 Å². The minimum atomic E-state index is -0.355. The van der Waals surface area contributed by atoms with E-state index in [1.54, 1.807) is 23.5 Å². The van der Waals surface area contributed by atoms with Gasteiger partial charge >= 0.3 is 6.03 Å². The fourth-order valence-electron chi connectivity index (χ4n) is 2.74. The van der Waals surface area contributed by atoms with Gasteiger partial charge in [-0.3, -0.25) is 0 Å². The molecule has 2 amide bonds. The summed E-state index contributed by atoms with van der Waals surface area (Å²) in [5, 5.41) is 11.6. The lowest BCUT2D eigenvalue weighted by atomic mass is 10.1. The second kappa shape index (κ2) is 8.66. The van der Waals surface area contributed by atoms with Crippen LogP contribution in [0.25, 0.3) is 10.7 Å². The number of anilines is 1. The van der Waals surface area contributed by atoms with E-state index in [2.05, 4.69) is 20.8 Å². The summed E-state index contributed by atoms with van der Waals surface area (Å²) < 4.78 is 18.3. The first-order valence-electron chi connectivity index (χ1n) is 8.91. The summed E-state index contributed by atoms with van der Waals surface area (Å²) in [6.07, 6.45) is 0.396. The average molecular weight is 408 g/mol. The molecule has 0 bridgehead atoms. The second-order valence-corrected chi connectivity index (χ2v) is 7.20. The van der Waals surface area contributed by atoms with E-state index in [0.29, 0.717) is 30.4 Å². The van der Waals surface area contributed by atoms with Crippen molar-refractivity contribution in [1.29, 1.82) is 0 Å². The van der Waals surface area contributed by atoms with Gasteiger partial charge in [0, 0.05) is 12.2 Å². The van der Waals surface area contributed by atoms with Crippen LogP contribution in [0.15, 0.2) is 70.6 Å². The molecule has 2 aromatic heterocycles. The van der Waals surface area contributed by atoms with Crippen LogP contribution in [-0.4, -0.2) is 16.2 Å². The summed E-state index contributed by atoms with van der Waals surface area (Å²) in [6, 6.07) is 16.9. The Balaban J connectivity index is 1.40. The molecule has 0 atom stereocenters.